The molecule has 1 saturated carbocycles. The highest BCUT2D eigenvalue weighted by Gasteiger charge is 2.25. The van der Waals surface area contributed by atoms with Crippen molar-refractivity contribution in [1.82, 2.24) is 5.16 Å². The highest BCUT2D eigenvalue weighted by Crippen LogP contribution is 2.28. The lowest BCUT2D eigenvalue weighted by atomic mass is 9.91. The average Bonchev–Trinajstić information content (AvgIpc) is 2.77. The fraction of sp³-hybridized carbons (Fsp3) is 0.667. The van der Waals surface area contributed by atoms with Gasteiger partial charge in [0.1, 0.15) is 5.76 Å². The van der Waals surface area contributed by atoms with Gasteiger partial charge in [-0.15, -0.1) is 0 Å². The van der Waals surface area contributed by atoms with E-state index in [4.69, 9.17) is 9.63 Å². The molecule has 0 radical (unpaired) electrons. The molecule has 3 atom stereocenters. The molecule has 0 bridgehead atoms. The Morgan fingerprint density at radius 1 is 1.61 bits per heavy atom. The van der Waals surface area contributed by atoms with Gasteiger partial charge in [-0.1, -0.05) is 24.9 Å². The van der Waals surface area contributed by atoms with Crippen LogP contribution in [0.2, 0.25) is 0 Å². The molecule has 0 aromatic carbocycles. The first-order chi connectivity index (χ1) is 8.56. The minimum absolute atomic E-state index is 0.126. The van der Waals surface area contributed by atoms with Gasteiger partial charge in [0.05, 0.1) is 5.75 Å². The van der Waals surface area contributed by atoms with Crippen molar-refractivity contribution >= 4 is 16.8 Å². The molecule has 1 aromatic heterocycles. The van der Waals surface area contributed by atoms with Crippen molar-refractivity contribution in [3.05, 3.63) is 17.5 Å². The Morgan fingerprint density at radius 2 is 2.39 bits per heavy atom. The third-order valence-corrected chi connectivity index (χ3v) is 5.06. The van der Waals surface area contributed by atoms with Crippen LogP contribution < -0.4 is 0 Å². The van der Waals surface area contributed by atoms with Crippen LogP contribution in [0.4, 0.5) is 0 Å². The molecule has 5 nitrogen and oxygen atoms in total. The summed E-state index contributed by atoms with van der Waals surface area (Å²) in [5.41, 5.74) is -0.126. The maximum absolute atomic E-state index is 12.2. The molecule has 0 amide bonds. The maximum atomic E-state index is 12.2. The molecule has 0 spiro atoms. The zero-order valence-electron chi connectivity index (χ0n) is 10.3. The monoisotopic (exact) mass is 271 g/mol. The summed E-state index contributed by atoms with van der Waals surface area (Å²) < 4.78 is 17.1. The van der Waals surface area contributed by atoms with E-state index in [0.29, 0.717) is 11.7 Å². The molecule has 1 fully saturated rings. The van der Waals surface area contributed by atoms with Crippen LogP contribution in [0.15, 0.2) is 10.6 Å². The molecular formula is C12H17NO4S. The lowest BCUT2D eigenvalue weighted by Crippen LogP contribution is -2.23. The van der Waals surface area contributed by atoms with Gasteiger partial charge in [0.2, 0.25) is 0 Å². The van der Waals surface area contributed by atoms with Crippen LogP contribution >= 0.6 is 0 Å². The van der Waals surface area contributed by atoms with Gasteiger partial charge in [-0.05, 0) is 18.8 Å². The summed E-state index contributed by atoms with van der Waals surface area (Å²) in [4.78, 5) is 10.6. The smallest absolute Gasteiger partial charge is 0.358 e. The van der Waals surface area contributed by atoms with Crippen molar-refractivity contribution in [3.8, 4) is 0 Å². The van der Waals surface area contributed by atoms with E-state index in [9.17, 15) is 9.00 Å². The molecule has 1 N–H and O–H groups in total. The Bertz CT molecular complexity index is 457. The lowest BCUT2D eigenvalue weighted by Gasteiger charge is -2.25. The van der Waals surface area contributed by atoms with Gasteiger partial charge >= 0.3 is 5.97 Å². The number of nitrogens with zero attached hydrogens (tertiary/aromatic N) is 1. The maximum Gasteiger partial charge on any atom is 0.358 e. The third-order valence-electron chi connectivity index (χ3n) is 3.32. The Labute approximate surface area is 108 Å². The SMILES string of the molecule is CC1CCCC(S(=O)Cc2cc(C(=O)O)no2)C1. The molecule has 3 unspecified atom stereocenters. The van der Waals surface area contributed by atoms with Crippen LogP contribution in [0.3, 0.4) is 0 Å². The molecule has 1 aromatic rings. The van der Waals surface area contributed by atoms with Crippen molar-refractivity contribution < 1.29 is 18.6 Å². The minimum Gasteiger partial charge on any atom is -0.476 e. The Morgan fingerprint density at radius 3 is 3.00 bits per heavy atom. The van der Waals surface area contributed by atoms with Crippen LogP contribution in [0.1, 0.15) is 48.9 Å². The van der Waals surface area contributed by atoms with Crippen molar-refractivity contribution in [2.75, 3.05) is 0 Å². The van der Waals surface area contributed by atoms with E-state index in [0.717, 1.165) is 19.3 Å². The summed E-state index contributed by atoms with van der Waals surface area (Å²) in [5, 5.41) is 12.3. The normalized spacial score (nSPS) is 25.8. The topological polar surface area (TPSA) is 80.4 Å². The van der Waals surface area contributed by atoms with Gasteiger partial charge in [0.15, 0.2) is 5.69 Å². The summed E-state index contributed by atoms with van der Waals surface area (Å²) in [7, 11) is -1.00. The zero-order valence-corrected chi connectivity index (χ0v) is 11.1. The number of rotatable bonds is 4. The minimum atomic E-state index is -1.12. The molecule has 0 saturated heterocycles. The molecule has 1 heterocycles. The van der Waals surface area contributed by atoms with E-state index in [1.807, 2.05) is 0 Å². The molecule has 1 aliphatic carbocycles. The second-order valence-corrected chi connectivity index (χ2v) is 6.62. The number of carboxylic acids is 1. The van der Waals surface area contributed by atoms with E-state index in [-0.39, 0.29) is 16.7 Å². The number of hydrogen-bond acceptors (Lipinski definition) is 4. The van der Waals surface area contributed by atoms with E-state index < -0.39 is 16.8 Å². The number of carbonyl (C=O) groups is 1. The molecule has 0 aliphatic heterocycles. The predicted molar refractivity (Wildman–Crippen MR) is 66.7 cm³/mol. The molecular weight excluding hydrogens is 254 g/mol. The summed E-state index contributed by atoms with van der Waals surface area (Å²) in [5.74, 6) is 0.153. The van der Waals surface area contributed by atoms with Crippen molar-refractivity contribution in [2.24, 2.45) is 5.92 Å². The summed E-state index contributed by atoms with van der Waals surface area (Å²) >= 11 is 0. The van der Waals surface area contributed by atoms with Crippen LogP contribution in [-0.4, -0.2) is 25.7 Å². The van der Waals surface area contributed by atoms with Gasteiger partial charge in [0.25, 0.3) is 0 Å². The number of aromatic nitrogens is 1. The number of hydrogen-bond donors (Lipinski definition) is 1. The zero-order chi connectivity index (χ0) is 13.1. The molecule has 2 rings (SSSR count). The first kappa shape index (κ1) is 13.3. The summed E-state index contributed by atoms with van der Waals surface area (Å²) in [6, 6.07) is 1.35. The van der Waals surface area contributed by atoms with Gasteiger partial charge in [-0.3, -0.25) is 4.21 Å². The van der Waals surface area contributed by atoms with Crippen molar-refractivity contribution in [1.29, 1.82) is 0 Å². The Hall–Kier alpha value is -1.17. The molecule has 18 heavy (non-hydrogen) atoms. The summed E-state index contributed by atoms with van der Waals surface area (Å²) in [6.45, 7) is 2.18. The van der Waals surface area contributed by atoms with E-state index >= 15 is 0 Å². The highest BCUT2D eigenvalue weighted by atomic mass is 32.2. The fourth-order valence-electron chi connectivity index (χ4n) is 2.36. The van der Waals surface area contributed by atoms with Crippen LogP contribution in [0, 0.1) is 5.92 Å². The van der Waals surface area contributed by atoms with Crippen LogP contribution in [-0.2, 0) is 16.6 Å². The lowest BCUT2D eigenvalue weighted by molar-refractivity contribution is 0.0685. The largest absolute Gasteiger partial charge is 0.476 e. The average molecular weight is 271 g/mol. The number of carboxylic acid groups (broad SMARTS) is 1. The third kappa shape index (κ3) is 3.19. The Balaban J connectivity index is 1.95. The van der Waals surface area contributed by atoms with Crippen molar-refractivity contribution in [3.63, 3.8) is 0 Å². The molecule has 100 valence electrons. The van der Waals surface area contributed by atoms with Gasteiger partial charge in [-0.2, -0.15) is 0 Å². The standard InChI is InChI=1S/C12H17NO4S/c1-8-3-2-4-10(5-8)18(16)7-9-6-11(12(14)15)13-17-9/h6,8,10H,2-5,7H2,1H3,(H,14,15). The van der Waals surface area contributed by atoms with Gasteiger partial charge in [-0.25, -0.2) is 4.79 Å². The van der Waals surface area contributed by atoms with E-state index in [2.05, 4.69) is 12.1 Å². The van der Waals surface area contributed by atoms with Gasteiger partial charge in [0, 0.05) is 22.1 Å². The van der Waals surface area contributed by atoms with E-state index in [1.54, 1.807) is 0 Å². The molecule has 6 heteroatoms. The first-order valence-corrected chi connectivity index (χ1v) is 7.50. The van der Waals surface area contributed by atoms with E-state index in [1.165, 1.54) is 12.5 Å². The fourth-order valence-corrected chi connectivity index (χ4v) is 3.98. The second kappa shape index (κ2) is 5.65. The second-order valence-electron chi connectivity index (χ2n) is 4.90. The van der Waals surface area contributed by atoms with Gasteiger partial charge < -0.3 is 9.63 Å². The van der Waals surface area contributed by atoms with Crippen LogP contribution in [0.5, 0.6) is 0 Å². The highest BCUT2D eigenvalue weighted by molar-refractivity contribution is 7.84. The number of aromatic carboxylic acids is 1. The van der Waals surface area contributed by atoms with Crippen molar-refractivity contribution in [2.45, 2.75) is 43.6 Å². The summed E-state index contributed by atoms with van der Waals surface area (Å²) in [6.07, 6.45) is 4.29. The first-order valence-electron chi connectivity index (χ1n) is 6.12. The predicted octanol–water partition coefficient (Wildman–Crippen LogP) is 2.20. The molecule has 1 aliphatic rings. The quantitative estimate of drug-likeness (QED) is 0.908. The Kier molecular flexibility index (Phi) is 4.16. The van der Waals surface area contributed by atoms with Crippen LogP contribution in [0.25, 0.3) is 0 Å².